The molecule has 0 unspecified atom stereocenters. The molecule has 12 heteroatoms. The second kappa shape index (κ2) is 20.4. The molecule has 2 N–H and O–H groups in total. The van der Waals surface area contributed by atoms with Crippen molar-refractivity contribution in [2.45, 2.75) is 77.5 Å². The number of hydrogen-bond acceptors (Lipinski definition) is 12. The third-order valence-corrected chi connectivity index (χ3v) is 6.64. The van der Waals surface area contributed by atoms with Gasteiger partial charge in [-0.3, -0.25) is 20.2 Å². The second-order valence-corrected chi connectivity index (χ2v) is 10.2. The Morgan fingerprint density at radius 3 is 1.26 bits per heavy atom. The molecule has 2 rings (SSSR count). The number of rotatable bonds is 18. The average Bonchev–Trinajstić information content (AvgIpc) is 3.04. The third-order valence-electron chi connectivity index (χ3n) is 6.64. The van der Waals surface area contributed by atoms with Gasteiger partial charge in [0.1, 0.15) is 24.2 Å². The van der Waals surface area contributed by atoms with Crippen molar-refractivity contribution in [3.63, 3.8) is 0 Å². The molecule has 0 aliphatic rings. The van der Waals surface area contributed by atoms with E-state index in [9.17, 15) is 28.8 Å². The van der Waals surface area contributed by atoms with Crippen LogP contribution in [0.3, 0.4) is 0 Å². The van der Waals surface area contributed by atoms with Crippen LogP contribution < -0.4 is 10.6 Å². The molecule has 0 heterocycles. The number of nitrogens with one attached hydrogen (secondary N) is 2. The molecule has 0 aliphatic heterocycles. The van der Waals surface area contributed by atoms with Gasteiger partial charge in [-0.25, -0.2) is 19.2 Å². The van der Waals surface area contributed by atoms with Crippen molar-refractivity contribution in [2.75, 3.05) is 13.2 Å². The van der Waals surface area contributed by atoms with Crippen molar-refractivity contribution in [2.24, 2.45) is 0 Å². The van der Waals surface area contributed by atoms with E-state index in [0.717, 1.165) is 11.1 Å². The average molecular weight is 639 g/mol. The first-order valence-corrected chi connectivity index (χ1v) is 15.2. The standard InChI is InChI=1S/C34H42N2O10/c1-5-43-33(41)27(19-17-25-13-9-7-10-14-25)35-23(3)31(39)45-29(37)21-22-30(38)46-32(40)24(4)36-28(34(42)44-6-2)20-18-26-15-11-8-12-16-26/h7-16,21-24,27-28,35-36H,5-6,17-20H2,1-4H3/b22-21-/t23-,24-,27-,28-/m0/s1. The summed E-state index contributed by atoms with van der Waals surface area (Å²) in [4.78, 5) is 74.3. The lowest BCUT2D eigenvalue weighted by molar-refractivity contribution is -0.161. The molecule has 0 spiro atoms. The molecule has 248 valence electrons. The van der Waals surface area contributed by atoms with E-state index < -0.39 is 60.0 Å². The van der Waals surface area contributed by atoms with Crippen LogP contribution in [0.1, 0.15) is 51.7 Å². The number of ether oxygens (including phenoxy) is 4. The van der Waals surface area contributed by atoms with E-state index in [1.165, 1.54) is 13.8 Å². The van der Waals surface area contributed by atoms with Crippen LogP contribution in [-0.2, 0) is 60.6 Å². The maximum absolute atomic E-state index is 12.5. The minimum atomic E-state index is -1.19. The third kappa shape index (κ3) is 14.0. The Morgan fingerprint density at radius 2 is 0.935 bits per heavy atom. The van der Waals surface area contributed by atoms with Gasteiger partial charge in [-0.05, 0) is 64.5 Å². The van der Waals surface area contributed by atoms with Gasteiger partial charge in [0, 0.05) is 12.2 Å². The van der Waals surface area contributed by atoms with Crippen LogP contribution in [0.5, 0.6) is 0 Å². The molecule has 0 amide bonds. The summed E-state index contributed by atoms with van der Waals surface area (Å²) in [6.45, 7) is 6.46. The number of carbonyl (C=O) groups excluding carboxylic acids is 6. The summed E-state index contributed by atoms with van der Waals surface area (Å²) in [6.07, 6.45) is 3.00. The highest BCUT2D eigenvalue weighted by Crippen LogP contribution is 2.09. The Bertz CT molecular complexity index is 1230. The van der Waals surface area contributed by atoms with Crippen LogP contribution in [0.25, 0.3) is 0 Å². The first-order chi connectivity index (χ1) is 22.0. The number of hydrogen-bond donors (Lipinski definition) is 2. The van der Waals surface area contributed by atoms with Gasteiger partial charge in [-0.2, -0.15) is 0 Å². The zero-order valence-corrected chi connectivity index (χ0v) is 26.6. The van der Waals surface area contributed by atoms with Gasteiger partial charge in [0.05, 0.1) is 13.2 Å². The van der Waals surface area contributed by atoms with E-state index in [1.54, 1.807) is 13.8 Å². The highest BCUT2D eigenvalue weighted by molar-refractivity contribution is 6.00. The summed E-state index contributed by atoms with van der Waals surface area (Å²) in [5.74, 6) is -5.46. The van der Waals surface area contributed by atoms with E-state index in [0.29, 0.717) is 37.8 Å². The Labute approximate surface area is 268 Å². The minimum absolute atomic E-state index is 0.151. The van der Waals surface area contributed by atoms with Crippen molar-refractivity contribution in [1.82, 2.24) is 10.6 Å². The second-order valence-electron chi connectivity index (χ2n) is 10.2. The maximum atomic E-state index is 12.5. The summed E-state index contributed by atoms with van der Waals surface area (Å²) in [5, 5.41) is 5.66. The first-order valence-electron chi connectivity index (χ1n) is 15.2. The summed E-state index contributed by atoms with van der Waals surface area (Å²) in [5.41, 5.74) is 1.98. The highest BCUT2D eigenvalue weighted by atomic mass is 16.6. The van der Waals surface area contributed by atoms with Gasteiger partial charge < -0.3 is 18.9 Å². The summed E-state index contributed by atoms with van der Waals surface area (Å²) in [6, 6.07) is 15.1. The number of benzene rings is 2. The maximum Gasteiger partial charge on any atom is 0.338 e. The van der Waals surface area contributed by atoms with Crippen LogP contribution in [0.15, 0.2) is 72.8 Å². The number of aryl methyl sites for hydroxylation is 2. The van der Waals surface area contributed by atoms with Gasteiger partial charge >= 0.3 is 35.8 Å². The van der Waals surface area contributed by atoms with Gasteiger partial charge in [0.15, 0.2) is 0 Å². The van der Waals surface area contributed by atoms with E-state index in [4.69, 9.17) is 18.9 Å². The lowest BCUT2D eigenvalue weighted by Gasteiger charge is -2.21. The molecule has 2 aromatic carbocycles. The molecule has 0 fully saturated rings. The molecule has 0 saturated carbocycles. The Kier molecular flexibility index (Phi) is 16.6. The van der Waals surface area contributed by atoms with Crippen molar-refractivity contribution >= 4 is 35.8 Å². The van der Waals surface area contributed by atoms with Crippen molar-refractivity contribution in [3.05, 3.63) is 83.9 Å². The van der Waals surface area contributed by atoms with Crippen molar-refractivity contribution in [3.8, 4) is 0 Å². The van der Waals surface area contributed by atoms with Crippen LogP contribution in [0.4, 0.5) is 0 Å². The quantitative estimate of drug-likeness (QED) is 0.106. The Morgan fingerprint density at radius 1 is 0.587 bits per heavy atom. The lowest BCUT2D eigenvalue weighted by atomic mass is 10.0. The summed E-state index contributed by atoms with van der Waals surface area (Å²) < 4.78 is 19.7. The predicted octanol–water partition coefficient (Wildman–Crippen LogP) is 2.77. The van der Waals surface area contributed by atoms with Crippen LogP contribution >= 0.6 is 0 Å². The first kappa shape index (κ1) is 37.5. The smallest absolute Gasteiger partial charge is 0.338 e. The number of carbonyl (C=O) groups is 6. The zero-order chi connectivity index (χ0) is 33.9. The largest absolute Gasteiger partial charge is 0.465 e. The molecule has 0 bridgehead atoms. The van der Waals surface area contributed by atoms with Crippen LogP contribution in [-0.4, -0.2) is 73.2 Å². The lowest BCUT2D eigenvalue weighted by Crippen LogP contribution is -2.47. The van der Waals surface area contributed by atoms with Gasteiger partial charge in [0.2, 0.25) is 0 Å². The zero-order valence-electron chi connectivity index (χ0n) is 26.6. The van der Waals surface area contributed by atoms with E-state index in [1.807, 2.05) is 60.7 Å². The Hall–Kier alpha value is -4.68. The molecular formula is C34H42N2O10. The van der Waals surface area contributed by atoms with Crippen LogP contribution in [0.2, 0.25) is 0 Å². The molecule has 0 aliphatic carbocycles. The monoisotopic (exact) mass is 638 g/mol. The molecule has 4 atom stereocenters. The molecular weight excluding hydrogens is 596 g/mol. The fourth-order valence-electron chi connectivity index (χ4n) is 4.25. The van der Waals surface area contributed by atoms with E-state index >= 15 is 0 Å². The molecule has 0 saturated heterocycles. The molecule has 12 nitrogen and oxygen atoms in total. The highest BCUT2D eigenvalue weighted by Gasteiger charge is 2.28. The SMILES string of the molecule is CCOC(=O)[C@H](CCc1ccccc1)N[C@@H](C)C(=O)OC(=O)/C=C\C(=O)OC(=O)[C@H](C)N[C@@H](CCc1ccccc1)C(=O)OCC. The minimum Gasteiger partial charge on any atom is -0.465 e. The fourth-order valence-corrected chi connectivity index (χ4v) is 4.25. The normalized spacial score (nSPS) is 13.6. The molecule has 46 heavy (non-hydrogen) atoms. The van der Waals surface area contributed by atoms with Gasteiger partial charge in [-0.15, -0.1) is 0 Å². The van der Waals surface area contributed by atoms with E-state index in [-0.39, 0.29) is 13.2 Å². The summed E-state index contributed by atoms with van der Waals surface area (Å²) >= 11 is 0. The van der Waals surface area contributed by atoms with Gasteiger partial charge in [-0.1, -0.05) is 60.7 Å². The topological polar surface area (TPSA) is 163 Å². The van der Waals surface area contributed by atoms with Crippen molar-refractivity contribution in [1.29, 1.82) is 0 Å². The van der Waals surface area contributed by atoms with Gasteiger partial charge in [0.25, 0.3) is 0 Å². The predicted molar refractivity (Wildman–Crippen MR) is 167 cm³/mol. The Balaban J connectivity index is 1.87. The molecule has 0 aromatic heterocycles. The summed E-state index contributed by atoms with van der Waals surface area (Å²) in [7, 11) is 0. The van der Waals surface area contributed by atoms with Crippen LogP contribution in [0, 0.1) is 0 Å². The molecule has 2 aromatic rings. The van der Waals surface area contributed by atoms with E-state index in [2.05, 4.69) is 10.6 Å². The number of esters is 6. The van der Waals surface area contributed by atoms with Crippen molar-refractivity contribution < 1.29 is 47.7 Å². The fraction of sp³-hybridized carbons (Fsp3) is 0.412. The molecule has 0 radical (unpaired) electrons.